The van der Waals surface area contributed by atoms with Gasteiger partial charge in [0.25, 0.3) is 5.91 Å². The zero-order valence-electron chi connectivity index (χ0n) is 14.5. The first-order valence-electron chi connectivity index (χ1n) is 8.48. The molecule has 2 aromatic rings. The van der Waals surface area contributed by atoms with Crippen molar-refractivity contribution in [2.45, 2.75) is 19.8 Å². The Bertz CT molecular complexity index is 814. The number of nitrogens with one attached hydrogen (secondary N) is 1. The second kappa shape index (κ2) is 7.82. The summed E-state index contributed by atoms with van der Waals surface area (Å²) in [6.45, 7) is 2.73. The number of carbonyl (C=O) groups excluding carboxylic acids is 3. The highest BCUT2D eigenvalue weighted by atomic mass is 16.5. The first-order valence-corrected chi connectivity index (χ1v) is 8.48. The molecule has 0 radical (unpaired) electrons. The summed E-state index contributed by atoms with van der Waals surface area (Å²) < 4.78 is 5.59. The van der Waals surface area contributed by atoms with Crippen LogP contribution in [-0.4, -0.2) is 30.9 Å². The third kappa shape index (κ3) is 4.08. The number of carbonyl (C=O) groups is 3. The van der Waals surface area contributed by atoms with E-state index in [1.165, 1.54) is 0 Å². The SMILES string of the molecule is Cc1cccc(OCCNC(=O)c2ccc(N3C(=O)CCC3=O)cc2)c1. The van der Waals surface area contributed by atoms with Crippen LogP contribution in [0.2, 0.25) is 0 Å². The summed E-state index contributed by atoms with van der Waals surface area (Å²) in [5.41, 5.74) is 2.07. The second-order valence-corrected chi connectivity index (χ2v) is 6.09. The van der Waals surface area contributed by atoms with Gasteiger partial charge in [-0.05, 0) is 48.9 Å². The Labute approximate surface area is 151 Å². The number of anilines is 1. The molecule has 1 aliphatic heterocycles. The maximum atomic E-state index is 12.2. The molecular weight excluding hydrogens is 332 g/mol. The van der Waals surface area contributed by atoms with Gasteiger partial charge in [0.15, 0.2) is 0 Å². The van der Waals surface area contributed by atoms with E-state index in [4.69, 9.17) is 4.74 Å². The van der Waals surface area contributed by atoms with Crippen LogP contribution in [0, 0.1) is 6.92 Å². The summed E-state index contributed by atoms with van der Waals surface area (Å²) in [6.07, 6.45) is 0.476. The fourth-order valence-corrected chi connectivity index (χ4v) is 2.77. The highest BCUT2D eigenvalue weighted by Gasteiger charge is 2.30. The molecule has 6 heteroatoms. The number of rotatable bonds is 6. The summed E-state index contributed by atoms with van der Waals surface area (Å²) >= 11 is 0. The van der Waals surface area contributed by atoms with Crippen LogP contribution in [-0.2, 0) is 9.59 Å². The summed E-state index contributed by atoms with van der Waals surface area (Å²) in [5.74, 6) is 0.119. The van der Waals surface area contributed by atoms with Crippen molar-refractivity contribution < 1.29 is 19.1 Å². The van der Waals surface area contributed by atoms with Crippen LogP contribution in [0.25, 0.3) is 0 Å². The van der Waals surface area contributed by atoms with Gasteiger partial charge < -0.3 is 10.1 Å². The maximum Gasteiger partial charge on any atom is 0.251 e. The van der Waals surface area contributed by atoms with Gasteiger partial charge in [-0.1, -0.05) is 12.1 Å². The largest absolute Gasteiger partial charge is 0.492 e. The smallest absolute Gasteiger partial charge is 0.251 e. The van der Waals surface area contributed by atoms with Crippen molar-refractivity contribution in [3.05, 3.63) is 59.7 Å². The molecule has 1 fully saturated rings. The van der Waals surface area contributed by atoms with Gasteiger partial charge in [-0.25, -0.2) is 0 Å². The first kappa shape index (κ1) is 17.7. The van der Waals surface area contributed by atoms with E-state index in [9.17, 15) is 14.4 Å². The number of ether oxygens (including phenoxy) is 1. The molecular formula is C20H20N2O4. The molecule has 0 aromatic heterocycles. The number of hydrogen-bond acceptors (Lipinski definition) is 4. The lowest BCUT2D eigenvalue weighted by molar-refractivity contribution is -0.121. The predicted octanol–water partition coefficient (Wildman–Crippen LogP) is 2.46. The number of hydrogen-bond donors (Lipinski definition) is 1. The molecule has 3 amide bonds. The van der Waals surface area contributed by atoms with Crippen molar-refractivity contribution >= 4 is 23.4 Å². The summed E-state index contributed by atoms with van der Waals surface area (Å²) in [6, 6.07) is 14.1. The van der Waals surface area contributed by atoms with Crippen molar-refractivity contribution in [3.63, 3.8) is 0 Å². The molecule has 134 valence electrons. The molecule has 0 aliphatic carbocycles. The Balaban J connectivity index is 1.50. The molecule has 0 bridgehead atoms. The molecule has 0 spiro atoms. The average Bonchev–Trinajstić information content (AvgIpc) is 2.97. The lowest BCUT2D eigenvalue weighted by atomic mass is 10.2. The zero-order chi connectivity index (χ0) is 18.5. The summed E-state index contributed by atoms with van der Waals surface area (Å²) in [5, 5.41) is 2.78. The Hall–Kier alpha value is -3.15. The lowest BCUT2D eigenvalue weighted by Crippen LogP contribution is -2.29. The molecule has 2 aromatic carbocycles. The molecule has 0 unspecified atom stereocenters. The zero-order valence-corrected chi connectivity index (χ0v) is 14.5. The molecule has 0 atom stereocenters. The summed E-state index contributed by atoms with van der Waals surface area (Å²) in [7, 11) is 0. The highest BCUT2D eigenvalue weighted by molar-refractivity contribution is 6.19. The topological polar surface area (TPSA) is 75.7 Å². The van der Waals surface area contributed by atoms with E-state index in [0.717, 1.165) is 16.2 Å². The normalized spacial score (nSPS) is 13.8. The van der Waals surface area contributed by atoms with Gasteiger partial charge in [-0.3, -0.25) is 19.3 Å². The van der Waals surface area contributed by atoms with Gasteiger partial charge in [0.05, 0.1) is 12.2 Å². The van der Waals surface area contributed by atoms with Gasteiger partial charge in [0, 0.05) is 18.4 Å². The van der Waals surface area contributed by atoms with E-state index in [0.29, 0.717) is 24.4 Å². The Morgan fingerprint density at radius 2 is 1.77 bits per heavy atom. The number of imide groups is 1. The average molecular weight is 352 g/mol. The van der Waals surface area contributed by atoms with Crippen molar-refractivity contribution in [2.75, 3.05) is 18.1 Å². The third-order valence-corrected chi connectivity index (χ3v) is 4.09. The molecule has 1 aliphatic rings. The standard InChI is InChI=1S/C20H20N2O4/c1-14-3-2-4-17(13-14)26-12-11-21-20(25)15-5-7-16(8-6-15)22-18(23)9-10-19(22)24/h2-8,13H,9-12H2,1H3,(H,21,25). The van der Waals surface area contributed by atoms with Crippen LogP contribution >= 0.6 is 0 Å². The van der Waals surface area contributed by atoms with Crippen molar-refractivity contribution in [3.8, 4) is 5.75 Å². The molecule has 0 saturated carbocycles. The quantitative estimate of drug-likeness (QED) is 0.640. The Morgan fingerprint density at radius 1 is 1.08 bits per heavy atom. The van der Waals surface area contributed by atoms with Crippen LogP contribution < -0.4 is 15.0 Å². The second-order valence-electron chi connectivity index (χ2n) is 6.09. The number of aryl methyl sites for hydroxylation is 1. The first-order chi connectivity index (χ1) is 12.5. The molecule has 3 rings (SSSR count). The van der Waals surface area contributed by atoms with Crippen LogP contribution in [0.4, 0.5) is 5.69 Å². The van der Waals surface area contributed by atoms with Crippen LogP contribution in [0.5, 0.6) is 5.75 Å². The third-order valence-electron chi connectivity index (χ3n) is 4.09. The van der Waals surface area contributed by atoms with Crippen molar-refractivity contribution in [1.29, 1.82) is 0 Å². The fourth-order valence-electron chi connectivity index (χ4n) is 2.77. The van der Waals surface area contributed by atoms with E-state index < -0.39 is 0 Å². The van der Waals surface area contributed by atoms with Crippen LogP contribution in [0.1, 0.15) is 28.8 Å². The minimum absolute atomic E-state index is 0.208. The maximum absolute atomic E-state index is 12.2. The van der Waals surface area contributed by atoms with E-state index in [-0.39, 0.29) is 30.6 Å². The molecule has 6 nitrogen and oxygen atoms in total. The predicted molar refractivity (Wildman–Crippen MR) is 97.2 cm³/mol. The van der Waals surface area contributed by atoms with Crippen molar-refractivity contribution in [2.24, 2.45) is 0 Å². The number of nitrogens with zero attached hydrogens (tertiary/aromatic N) is 1. The van der Waals surface area contributed by atoms with Crippen molar-refractivity contribution in [1.82, 2.24) is 5.32 Å². The lowest BCUT2D eigenvalue weighted by Gasteiger charge is -2.14. The van der Waals surface area contributed by atoms with Crippen LogP contribution in [0.3, 0.4) is 0 Å². The van der Waals surface area contributed by atoms with Gasteiger partial charge in [-0.2, -0.15) is 0 Å². The fraction of sp³-hybridized carbons (Fsp3) is 0.250. The van der Waals surface area contributed by atoms with Gasteiger partial charge in [-0.15, -0.1) is 0 Å². The van der Waals surface area contributed by atoms with Crippen LogP contribution in [0.15, 0.2) is 48.5 Å². The van der Waals surface area contributed by atoms with Gasteiger partial charge in [0.1, 0.15) is 12.4 Å². The number of benzene rings is 2. The highest BCUT2D eigenvalue weighted by Crippen LogP contribution is 2.22. The van der Waals surface area contributed by atoms with E-state index in [1.807, 2.05) is 31.2 Å². The van der Waals surface area contributed by atoms with E-state index in [2.05, 4.69) is 5.32 Å². The molecule has 1 saturated heterocycles. The molecule has 1 N–H and O–H groups in total. The Morgan fingerprint density at radius 3 is 2.42 bits per heavy atom. The monoisotopic (exact) mass is 352 g/mol. The number of amides is 3. The summed E-state index contributed by atoms with van der Waals surface area (Å²) in [4.78, 5) is 36.8. The minimum Gasteiger partial charge on any atom is -0.492 e. The van der Waals surface area contributed by atoms with E-state index >= 15 is 0 Å². The minimum atomic E-state index is -0.233. The Kier molecular flexibility index (Phi) is 5.31. The van der Waals surface area contributed by atoms with E-state index in [1.54, 1.807) is 24.3 Å². The molecule has 1 heterocycles. The van der Waals surface area contributed by atoms with Gasteiger partial charge >= 0.3 is 0 Å². The molecule has 26 heavy (non-hydrogen) atoms. The van der Waals surface area contributed by atoms with Gasteiger partial charge in [0.2, 0.25) is 11.8 Å².